The Morgan fingerprint density at radius 3 is 2.81 bits per heavy atom. The molecule has 0 unspecified atom stereocenters. The summed E-state index contributed by atoms with van der Waals surface area (Å²) in [5.41, 5.74) is 2.22. The maximum absolute atomic E-state index is 4.43. The van der Waals surface area contributed by atoms with Gasteiger partial charge in [-0.25, -0.2) is 9.97 Å². The van der Waals surface area contributed by atoms with Gasteiger partial charge in [0.05, 0.1) is 10.7 Å². The van der Waals surface area contributed by atoms with E-state index < -0.39 is 0 Å². The summed E-state index contributed by atoms with van der Waals surface area (Å²) in [5, 5.41) is 11.0. The minimum absolute atomic E-state index is 0.744. The van der Waals surface area contributed by atoms with Gasteiger partial charge in [0.25, 0.3) is 0 Å². The van der Waals surface area contributed by atoms with Gasteiger partial charge in [-0.3, -0.25) is 5.10 Å². The Balaban J connectivity index is 1.60. The van der Waals surface area contributed by atoms with Crippen LogP contribution in [0.3, 0.4) is 0 Å². The summed E-state index contributed by atoms with van der Waals surface area (Å²) in [6, 6.07) is 10.1. The van der Waals surface area contributed by atoms with Crippen molar-refractivity contribution in [2.24, 2.45) is 0 Å². The molecule has 106 valence electrons. The van der Waals surface area contributed by atoms with E-state index in [1.807, 2.05) is 49.4 Å². The van der Waals surface area contributed by atoms with Crippen molar-refractivity contribution >= 4 is 35.3 Å². The van der Waals surface area contributed by atoms with E-state index in [2.05, 4.69) is 25.5 Å². The molecule has 0 fully saturated rings. The zero-order chi connectivity index (χ0) is 14.5. The number of rotatable bonds is 5. The quantitative estimate of drug-likeness (QED) is 0.722. The molecule has 0 saturated carbocycles. The van der Waals surface area contributed by atoms with Crippen LogP contribution in [0.5, 0.6) is 0 Å². The van der Waals surface area contributed by atoms with Crippen molar-refractivity contribution in [2.75, 3.05) is 0 Å². The van der Waals surface area contributed by atoms with Gasteiger partial charge in [0, 0.05) is 11.1 Å². The number of benzene rings is 1. The molecule has 0 radical (unpaired) electrons. The Hall–Kier alpha value is -1.92. The summed E-state index contributed by atoms with van der Waals surface area (Å²) in [5.74, 6) is 1.56. The molecule has 0 aliphatic rings. The van der Waals surface area contributed by atoms with Crippen LogP contribution in [0.1, 0.15) is 22.1 Å². The van der Waals surface area contributed by atoms with Crippen molar-refractivity contribution in [3.05, 3.63) is 57.8 Å². The topological polar surface area (TPSA) is 54.5 Å². The number of aromatic amines is 1. The maximum atomic E-state index is 4.43. The van der Waals surface area contributed by atoms with Crippen LogP contribution in [-0.2, 0) is 5.75 Å². The first-order valence-corrected chi connectivity index (χ1v) is 8.35. The van der Waals surface area contributed by atoms with Gasteiger partial charge in [0.2, 0.25) is 5.16 Å². The number of hydrogen-bond acceptors (Lipinski definition) is 5. The molecular weight excluding hydrogens is 300 g/mol. The first-order chi connectivity index (χ1) is 10.3. The summed E-state index contributed by atoms with van der Waals surface area (Å²) in [6.07, 6.45) is 3.94. The van der Waals surface area contributed by atoms with Crippen LogP contribution in [0.2, 0.25) is 0 Å². The molecule has 0 aliphatic heterocycles. The molecule has 0 spiro atoms. The van der Waals surface area contributed by atoms with Crippen molar-refractivity contribution < 1.29 is 0 Å². The molecule has 2 aromatic heterocycles. The van der Waals surface area contributed by atoms with Gasteiger partial charge in [-0.15, -0.1) is 16.4 Å². The third-order valence-corrected chi connectivity index (χ3v) is 4.43. The minimum atomic E-state index is 0.744. The van der Waals surface area contributed by atoms with Crippen molar-refractivity contribution in [2.45, 2.75) is 17.8 Å². The van der Waals surface area contributed by atoms with Crippen LogP contribution in [-0.4, -0.2) is 20.2 Å². The van der Waals surface area contributed by atoms with Crippen molar-refractivity contribution in [3.63, 3.8) is 0 Å². The molecule has 3 rings (SSSR count). The Kier molecular flexibility index (Phi) is 4.47. The van der Waals surface area contributed by atoms with Crippen LogP contribution in [0.15, 0.2) is 40.9 Å². The largest absolute Gasteiger partial charge is 0.259 e. The second-order valence-corrected chi connectivity index (χ2v) is 6.40. The van der Waals surface area contributed by atoms with Gasteiger partial charge < -0.3 is 0 Å². The zero-order valence-corrected chi connectivity index (χ0v) is 13.1. The predicted molar refractivity (Wildman–Crippen MR) is 88.2 cm³/mol. The third kappa shape index (κ3) is 4.03. The Morgan fingerprint density at radius 2 is 2.05 bits per heavy atom. The predicted octanol–water partition coefficient (Wildman–Crippen LogP) is 4.03. The second kappa shape index (κ2) is 6.69. The van der Waals surface area contributed by atoms with Gasteiger partial charge in [0.1, 0.15) is 5.82 Å². The molecular formula is C15H14N4S2. The Morgan fingerprint density at radius 1 is 1.19 bits per heavy atom. The monoisotopic (exact) mass is 314 g/mol. The first-order valence-electron chi connectivity index (χ1n) is 6.49. The Labute approximate surface area is 131 Å². The summed E-state index contributed by atoms with van der Waals surface area (Å²) in [6.45, 7) is 2.01. The lowest BCUT2D eigenvalue weighted by Crippen LogP contribution is -1.82. The highest BCUT2D eigenvalue weighted by Crippen LogP contribution is 2.20. The van der Waals surface area contributed by atoms with E-state index in [4.69, 9.17) is 0 Å². The number of H-pyrrole nitrogens is 1. The van der Waals surface area contributed by atoms with E-state index in [-0.39, 0.29) is 0 Å². The molecule has 1 N–H and O–H groups in total. The van der Waals surface area contributed by atoms with Gasteiger partial charge >= 0.3 is 0 Å². The van der Waals surface area contributed by atoms with Crippen LogP contribution < -0.4 is 0 Å². The minimum Gasteiger partial charge on any atom is -0.259 e. The lowest BCUT2D eigenvalue weighted by atomic mass is 10.2. The third-order valence-electron chi connectivity index (χ3n) is 2.73. The molecule has 1 aromatic carbocycles. The second-order valence-electron chi connectivity index (χ2n) is 4.39. The molecule has 3 aromatic rings. The van der Waals surface area contributed by atoms with E-state index in [1.165, 1.54) is 0 Å². The highest BCUT2D eigenvalue weighted by atomic mass is 32.2. The first kappa shape index (κ1) is 14.0. The fraction of sp³-hybridized carbons (Fsp3) is 0.133. The molecule has 0 atom stereocenters. The summed E-state index contributed by atoms with van der Waals surface area (Å²) in [7, 11) is 0. The van der Waals surface area contributed by atoms with E-state index in [1.54, 1.807) is 23.1 Å². The summed E-state index contributed by atoms with van der Waals surface area (Å²) in [4.78, 5) is 8.86. The van der Waals surface area contributed by atoms with Crippen LogP contribution in [0.25, 0.3) is 12.2 Å². The molecule has 4 nitrogen and oxygen atoms in total. The molecule has 21 heavy (non-hydrogen) atoms. The highest BCUT2D eigenvalue weighted by molar-refractivity contribution is 7.98. The normalized spacial score (nSPS) is 11.3. The van der Waals surface area contributed by atoms with Crippen molar-refractivity contribution in [1.82, 2.24) is 20.2 Å². The standard InChI is InChI=1S/C15H14N4S2/c1-11-16-13(9-20-11)10-21-15-17-14(18-19-15)8-7-12-5-3-2-4-6-12/h2-9H,10H2,1H3,(H,17,18,19)/b8-7-. The molecule has 0 amide bonds. The number of nitrogens with one attached hydrogen (secondary N) is 1. The van der Waals surface area contributed by atoms with Crippen LogP contribution in [0, 0.1) is 6.92 Å². The fourth-order valence-corrected chi connectivity index (χ4v) is 3.17. The van der Waals surface area contributed by atoms with Gasteiger partial charge in [-0.05, 0) is 18.6 Å². The summed E-state index contributed by atoms with van der Waals surface area (Å²) >= 11 is 3.25. The average molecular weight is 314 g/mol. The fourth-order valence-electron chi connectivity index (χ4n) is 1.75. The average Bonchev–Trinajstić information content (AvgIpc) is 3.13. The van der Waals surface area contributed by atoms with Crippen LogP contribution in [0.4, 0.5) is 0 Å². The lowest BCUT2D eigenvalue weighted by Gasteiger charge is -1.91. The van der Waals surface area contributed by atoms with E-state index in [0.717, 1.165) is 33.0 Å². The number of aromatic nitrogens is 4. The smallest absolute Gasteiger partial charge is 0.209 e. The lowest BCUT2D eigenvalue weighted by molar-refractivity contribution is 0.971. The summed E-state index contributed by atoms with van der Waals surface area (Å²) < 4.78 is 0. The zero-order valence-electron chi connectivity index (χ0n) is 11.5. The van der Waals surface area contributed by atoms with Gasteiger partial charge in [-0.2, -0.15) is 0 Å². The molecule has 0 aliphatic carbocycles. The number of nitrogens with zero attached hydrogens (tertiary/aromatic N) is 3. The number of thiazole rings is 1. The highest BCUT2D eigenvalue weighted by Gasteiger charge is 2.04. The Bertz CT molecular complexity index is 731. The molecule has 0 bridgehead atoms. The van der Waals surface area contributed by atoms with E-state index in [0.29, 0.717) is 0 Å². The number of aryl methyl sites for hydroxylation is 1. The molecule has 2 heterocycles. The number of hydrogen-bond donors (Lipinski definition) is 1. The van der Waals surface area contributed by atoms with Crippen LogP contribution >= 0.6 is 23.1 Å². The van der Waals surface area contributed by atoms with Gasteiger partial charge in [0.15, 0.2) is 0 Å². The van der Waals surface area contributed by atoms with Gasteiger partial charge in [-0.1, -0.05) is 48.2 Å². The SMILES string of the molecule is Cc1nc(CSc2n[nH]c(/C=C\c3ccccc3)n2)cs1. The van der Waals surface area contributed by atoms with Crippen molar-refractivity contribution in [3.8, 4) is 0 Å². The van der Waals surface area contributed by atoms with E-state index in [9.17, 15) is 0 Å². The number of thioether (sulfide) groups is 1. The van der Waals surface area contributed by atoms with E-state index >= 15 is 0 Å². The molecule has 0 saturated heterocycles. The molecule has 6 heteroatoms. The van der Waals surface area contributed by atoms with Crippen molar-refractivity contribution in [1.29, 1.82) is 0 Å². The maximum Gasteiger partial charge on any atom is 0.209 e.